The summed E-state index contributed by atoms with van der Waals surface area (Å²) in [5.41, 5.74) is 0. The summed E-state index contributed by atoms with van der Waals surface area (Å²) < 4.78 is 21.9. The predicted octanol–water partition coefficient (Wildman–Crippen LogP) is 0.532. The molecular formula is C3H5F2NO2. The maximum Gasteiger partial charge on any atom is 0.304 e. The Morgan fingerprint density at radius 1 is 1.62 bits per heavy atom. The van der Waals surface area contributed by atoms with Crippen LogP contribution in [0.25, 0.3) is 0 Å². The fourth-order valence-corrected chi connectivity index (χ4v) is 0.180. The van der Waals surface area contributed by atoms with E-state index in [2.05, 4.69) is 0 Å². The van der Waals surface area contributed by atoms with Crippen LogP contribution in [0.5, 0.6) is 0 Å². The van der Waals surface area contributed by atoms with E-state index in [-0.39, 0.29) is 0 Å². The van der Waals surface area contributed by atoms with Gasteiger partial charge in [-0.2, -0.15) is 0 Å². The van der Waals surface area contributed by atoms with Gasteiger partial charge in [-0.05, 0) is 0 Å². The van der Waals surface area contributed by atoms with Gasteiger partial charge in [-0.25, -0.2) is 0 Å². The van der Waals surface area contributed by atoms with E-state index < -0.39 is 24.3 Å². The second-order valence-corrected chi connectivity index (χ2v) is 1.17. The van der Waals surface area contributed by atoms with Crippen LogP contribution in [0, 0.1) is 0 Å². The Labute approximate surface area is 44.4 Å². The highest BCUT2D eigenvalue weighted by atomic mass is 19.4. The fraction of sp³-hybridized carbons (Fsp3) is 0.667. The molecule has 48 valence electrons. The summed E-state index contributed by atoms with van der Waals surface area (Å²) in [4.78, 5) is 9.54. The molecule has 0 aromatic carbocycles. The van der Waals surface area contributed by atoms with Gasteiger partial charge in [0, 0.05) is 5.34 Å². The van der Waals surface area contributed by atoms with Crippen LogP contribution in [0.15, 0.2) is 0 Å². The first-order valence-electron chi connectivity index (χ1n) is 1.94. The summed E-state index contributed by atoms with van der Waals surface area (Å²) in [5, 5.41) is 6.64. The smallest absolute Gasteiger partial charge is 0.304 e. The number of halogens is 2. The zero-order chi connectivity index (χ0) is 6.57. The number of carboxylic acids is 1. The number of carbonyl (C=O) groups is 1. The molecule has 8 heavy (non-hydrogen) atoms. The van der Waals surface area contributed by atoms with Gasteiger partial charge in [0.1, 0.15) is 0 Å². The first kappa shape index (κ1) is 7.29. The Morgan fingerprint density at radius 2 is 2.12 bits per heavy atom. The lowest BCUT2D eigenvalue weighted by Gasteiger charge is -1.93. The summed E-state index contributed by atoms with van der Waals surface area (Å²) in [7, 11) is 0. The summed E-state index contributed by atoms with van der Waals surface area (Å²) in [6.07, 6.45) is -0.521. The Morgan fingerprint density at radius 3 is 2.25 bits per heavy atom. The lowest BCUT2D eigenvalue weighted by Crippen LogP contribution is -2.08. The number of hydrogen-bond acceptors (Lipinski definition) is 2. The molecule has 0 radical (unpaired) electrons. The first-order chi connectivity index (χ1) is 3.63. The zero-order valence-corrected chi connectivity index (χ0v) is 3.97. The molecule has 0 spiro atoms. The van der Waals surface area contributed by atoms with Gasteiger partial charge in [-0.3, -0.25) is 4.79 Å². The van der Waals surface area contributed by atoms with E-state index in [4.69, 9.17) is 5.11 Å². The van der Waals surface area contributed by atoms with Crippen molar-refractivity contribution in [3.63, 3.8) is 0 Å². The van der Waals surface area contributed by atoms with Crippen molar-refractivity contribution in [2.24, 2.45) is 0 Å². The largest absolute Gasteiger partial charge is 0.481 e. The minimum atomic E-state index is -1.22. The van der Waals surface area contributed by atoms with Crippen LogP contribution < -0.4 is 0 Å². The van der Waals surface area contributed by atoms with Crippen LogP contribution in [-0.2, 0) is 4.79 Å². The normalized spacial score (nSPS) is 9.88. The third-order valence-corrected chi connectivity index (χ3v) is 0.495. The van der Waals surface area contributed by atoms with Crippen molar-refractivity contribution in [1.82, 2.24) is 5.34 Å². The topological polar surface area (TPSA) is 40.5 Å². The second-order valence-electron chi connectivity index (χ2n) is 1.17. The molecule has 5 heteroatoms. The third-order valence-electron chi connectivity index (χ3n) is 0.495. The Bertz CT molecular complexity index is 85.4. The van der Waals surface area contributed by atoms with Gasteiger partial charge in [0.15, 0.2) is 0 Å². The number of carboxylic acid groups (broad SMARTS) is 1. The van der Waals surface area contributed by atoms with Crippen molar-refractivity contribution >= 4 is 5.97 Å². The molecule has 0 atom stereocenters. The molecule has 0 aliphatic carbocycles. The summed E-state index contributed by atoms with van der Waals surface area (Å²) in [6.45, 7) is -0.713. The molecule has 3 nitrogen and oxygen atoms in total. The lowest BCUT2D eigenvalue weighted by atomic mass is 10.4. The van der Waals surface area contributed by atoms with Gasteiger partial charge < -0.3 is 5.11 Å². The molecule has 0 aromatic rings. The van der Waals surface area contributed by atoms with Crippen LogP contribution in [0.3, 0.4) is 0 Å². The number of nitrogens with zero attached hydrogens (tertiary/aromatic N) is 1. The van der Waals surface area contributed by atoms with Crippen LogP contribution in [-0.4, -0.2) is 23.0 Å². The molecule has 0 unspecified atom stereocenters. The molecule has 0 heterocycles. The lowest BCUT2D eigenvalue weighted by molar-refractivity contribution is -0.162. The van der Waals surface area contributed by atoms with Gasteiger partial charge in [0.25, 0.3) is 0 Å². The van der Waals surface area contributed by atoms with Crippen LogP contribution >= 0.6 is 0 Å². The highest BCUT2D eigenvalue weighted by Crippen LogP contribution is 1.90. The van der Waals surface area contributed by atoms with E-state index in [0.717, 1.165) is 0 Å². The molecule has 1 N–H and O–H groups in total. The number of hydrogen-bond donors (Lipinski definition) is 1. The van der Waals surface area contributed by atoms with E-state index in [1.165, 1.54) is 0 Å². The maximum atomic E-state index is 11.0. The number of aliphatic carboxylic acids is 1. The second kappa shape index (κ2) is 3.31. The third kappa shape index (κ3) is 5.29. The Kier molecular flexibility index (Phi) is 3.02. The predicted molar refractivity (Wildman–Crippen MR) is 21.2 cm³/mol. The van der Waals surface area contributed by atoms with Gasteiger partial charge in [-0.15, -0.1) is 8.96 Å². The van der Waals surface area contributed by atoms with Crippen molar-refractivity contribution < 1.29 is 18.9 Å². The fourth-order valence-electron chi connectivity index (χ4n) is 0.180. The number of rotatable bonds is 3. The molecule has 0 rings (SSSR count). The van der Waals surface area contributed by atoms with Gasteiger partial charge in [-0.1, -0.05) is 0 Å². The van der Waals surface area contributed by atoms with Crippen LogP contribution in [0.2, 0.25) is 0 Å². The Hall–Kier alpha value is -0.710. The van der Waals surface area contributed by atoms with Gasteiger partial charge in [0.2, 0.25) is 0 Å². The van der Waals surface area contributed by atoms with E-state index in [9.17, 15) is 13.8 Å². The monoisotopic (exact) mass is 125 g/mol. The standard InChI is InChI=1S/C3H5F2NO2/c4-6(5)2-1-3(7)8/h1-2H2,(H,7,8). The average Bonchev–Trinajstić information content (AvgIpc) is 1.61. The van der Waals surface area contributed by atoms with Crippen molar-refractivity contribution in [2.75, 3.05) is 6.54 Å². The maximum absolute atomic E-state index is 11.0. The van der Waals surface area contributed by atoms with Crippen molar-refractivity contribution in [3.05, 3.63) is 0 Å². The molecular weight excluding hydrogens is 120 g/mol. The van der Waals surface area contributed by atoms with Crippen molar-refractivity contribution in [3.8, 4) is 0 Å². The highest BCUT2D eigenvalue weighted by Gasteiger charge is 2.01. The van der Waals surface area contributed by atoms with E-state index >= 15 is 0 Å². The quantitative estimate of drug-likeness (QED) is 0.559. The average molecular weight is 125 g/mol. The molecule has 0 fully saturated rings. The van der Waals surface area contributed by atoms with E-state index in [0.29, 0.717) is 0 Å². The molecule has 0 aliphatic heterocycles. The molecule has 0 saturated carbocycles. The van der Waals surface area contributed by atoms with Crippen molar-refractivity contribution in [2.45, 2.75) is 6.42 Å². The molecule has 0 saturated heterocycles. The summed E-state index contributed by atoms with van der Waals surface area (Å²) in [6, 6.07) is 0. The minimum absolute atomic E-state index is 0.521. The van der Waals surface area contributed by atoms with E-state index in [1.807, 2.05) is 0 Å². The van der Waals surface area contributed by atoms with E-state index in [1.54, 1.807) is 0 Å². The summed E-state index contributed by atoms with van der Waals surface area (Å²) >= 11 is 0. The van der Waals surface area contributed by atoms with Gasteiger partial charge >= 0.3 is 5.97 Å². The molecule has 0 bridgehead atoms. The molecule has 0 amide bonds. The van der Waals surface area contributed by atoms with Crippen LogP contribution in [0.1, 0.15) is 6.42 Å². The Balaban J connectivity index is 3.05. The zero-order valence-electron chi connectivity index (χ0n) is 3.97. The SMILES string of the molecule is O=C(O)CCN(F)F. The first-order valence-corrected chi connectivity index (χ1v) is 1.94. The molecule has 0 aromatic heterocycles. The highest BCUT2D eigenvalue weighted by molar-refractivity contribution is 5.66. The van der Waals surface area contributed by atoms with Crippen LogP contribution in [0.4, 0.5) is 8.96 Å². The minimum Gasteiger partial charge on any atom is -0.481 e. The molecule has 0 aliphatic rings. The van der Waals surface area contributed by atoms with Crippen molar-refractivity contribution in [1.29, 1.82) is 0 Å². The van der Waals surface area contributed by atoms with Gasteiger partial charge in [0.05, 0.1) is 13.0 Å². The summed E-state index contributed by atoms with van der Waals surface area (Å²) in [5.74, 6) is -1.22.